The van der Waals surface area contributed by atoms with Gasteiger partial charge in [-0.15, -0.1) is 0 Å². The van der Waals surface area contributed by atoms with Crippen molar-refractivity contribution in [3.63, 3.8) is 0 Å². The van der Waals surface area contributed by atoms with Crippen molar-refractivity contribution >= 4 is 34.8 Å². The molecule has 1 amide bonds. The highest BCUT2D eigenvalue weighted by Crippen LogP contribution is 2.45. The van der Waals surface area contributed by atoms with E-state index in [9.17, 15) is 4.79 Å². The number of hydrogen-bond donors (Lipinski definition) is 0. The van der Waals surface area contributed by atoms with E-state index < -0.39 is 6.04 Å². The van der Waals surface area contributed by atoms with Crippen molar-refractivity contribution in [3.8, 4) is 17.1 Å². The van der Waals surface area contributed by atoms with Gasteiger partial charge in [-0.2, -0.15) is 0 Å². The lowest BCUT2D eigenvalue weighted by Crippen LogP contribution is -2.42. The molecule has 0 spiro atoms. The Morgan fingerprint density at radius 3 is 2.46 bits per heavy atom. The van der Waals surface area contributed by atoms with Crippen molar-refractivity contribution in [2.24, 2.45) is 0 Å². The van der Waals surface area contributed by atoms with Crippen LogP contribution in [-0.2, 0) is 11.2 Å². The van der Waals surface area contributed by atoms with Crippen LogP contribution in [0.4, 0.5) is 5.69 Å². The zero-order valence-electron chi connectivity index (χ0n) is 21.4. The molecular formula is C29H28Cl2N4O2. The van der Waals surface area contributed by atoms with Gasteiger partial charge in [0.1, 0.15) is 17.6 Å². The number of rotatable bonds is 5. The molecule has 2 aromatic carbocycles. The van der Waals surface area contributed by atoms with Crippen LogP contribution < -0.4 is 9.64 Å². The normalized spacial score (nSPS) is 15.3. The fourth-order valence-electron chi connectivity index (χ4n) is 5.19. The van der Waals surface area contributed by atoms with Crippen LogP contribution in [0, 0.1) is 13.8 Å². The van der Waals surface area contributed by atoms with Crippen molar-refractivity contribution in [3.05, 3.63) is 93.0 Å². The molecule has 0 bridgehead atoms. The second-order valence-corrected chi connectivity index (χ2v) is 10.5. The topological polar surface area (TPSA) is 60.3 Å². The van der Waals surface area contributed by atoms with Crippen molar-refractivity contribution in [2.75, 3.05) is 12.0 Å². The lowest BCUT2D eigenvalue weighted by atomic mass is 9.90. The average molecular weight is 535 g/mol. The highest BCUT2D eigenvalue weighted by Gasteiger charge is 2.41. The number of benzene rings is 2. The highest BCUT2D eigenvalue weighted by molar-refractivity contribution is 6.31. The first-order valence-corrected chi connectivity index (χ1v) is 12.9. The molecule has 0 saturated carbocycles. The number of hydrogen-bond acceptors (Lipinski definition) is 4. The number of nitrogens with zero attached hydrogens (tertiary/aromatic N) is 4. The van der Waals surface area contributed by atoms with Crippen LogP contribution >= 0.6 is 23.2 Å². The summed E-state index contributed by atoms with van der Waals surface area (Å²) in [7, 11) is 1.63. The molecule has 1 aliphatic rings. The first-order valence-electron chi connectivity index (χ1n) is 12.1. The third-order valence-electron chi connectivity index (χ3n) is 6.84. The summed E-state index contributed by atoms with van der Waals surface area (Å²) in [6.07, 6.45) is 3.62. The molecule has 4 aromatic rings. The van der Waals surface area contributed by atoms with Gasteiger partial charge in [-0.05, 0) is 74.7 Å². The largest absolute Gasteiger partial charge is 0.496 e. The van der Waals surface area contributed by atoms with Crippen LogP contribution in [-0.4, -0.2) is 27.6 Å². The maximum absolute atomic E-state index is 13.9. The van der Waals surface area contributed by atoms with Gasteiger partial charge >= 0.3 is 0 Å². The molecule has 0 N–H and O–H groups in total. The van der Waals surface area contributed by atoms with Crippen molar-refractivity contribution in [2.45, 2.75) is 46.2 Å². The number of carbonyl (C=O) groups excluding carboxylic acids is 1. The van der Waals surface area contributed by atoms with E-state index in [1.54, 1.807) is 19.5 Å². The summed E-state index contributed by atoms with van der Waals surface area (Å²) in [5.41, 5.74) is 6.18. The summed E-state index contributed by atoms with van der Waals surface area (Å²) in [5.74, 6) is 1.35. The Kier molecular flexibility index (Phi) is 6.73. The second kappa shape index (κ2) is 9.84. The molecule has 2 aromatic heterocycles. The van der Waals surface area contributed by atoms with Gasteiger partial charge in [0, 0.05) is 34.2 Å². The summed E-state index contributed by atoms with van der Waals surface area (Å²) < 4.78 is 7.85. The molecule has 190 valence electrons. The van der Waals surface area contributed by atoms with E-state index in [0.29, 0.717) is 15.8 Å². The molecule has 0 saturated heterocycles. The van der Waals surface area contributed by atoms with Crippen LogP contribution in [0.1, 0.15) is 54.0 Å². The summed E-state index contributed by atoms with van der Waals surface area (Å²) in [6.45, 7) is 8.24. The van der Waals surface area contributed by atoms with E-state index >= 15 is 0 Å². The zero-order valence-corrected chi connectivity index (χ0v) is 22.9. The molecule has 1 aliphatic heterocycles. The molecule has 5 rings (SSSR count). The van der Waals surface area contributed by atoms with E-state index in [-0.39, 0.29) is 18.4 Å². The highest BCUT2D eigenvalue weighted by atomic mass is 35.5. The summed E-state index contributed by atoms with van der Waals surface area (Å²) in [4.78, 5) is 25.1. The minimum Gasteiger partial charge on any atom is -0.496 e. The summed E-state index contributed by atoms with van der Waals surface area (Å²) >= 11 is 12.8. The van der Waals surface area contributed by atoms with Crippen LogP contribution in [0.5, 0.6) is 5.75 Å². The first kappa shape index (κ1) is 25.3. The lowest BCUT2D eigenvalue weighted by molar-refractivity contribution is -0.118. The van der Waals surface area contributed by atoms with Crippen LogP contribution in [0.2, 0.25) is 10.0 Å². The molecule has 0 fully saturated rings. The molecule has 3 heterocycles. The molecule has 0 aliphatic carbocycles. The maximum Gasteiger partial charge on any atom is 0.233 e. The summed E-state index contributed by atoms with van der Waals surface area (Å²) in [6, 6.07) is 12.9. The van der Waals surface area contributed by atoms with Crippen molar-refractivity contribution in [1.29, 1.82) is 0 Å². The minimum atomic E-state index is -0.433. The molecular weight excluding hydrogens is 507 g/mol. The van der Waals surface area contributed by atoms with E-state index in [2.05, 4.69) is 23.4 Å². The number of halogens is 2. The Morgan fingerprint density at radius 1 is 1.03 bits per heavy atom. The van der Waals surface area contributed by atoms with Gasteiger partial charge < -0.3 is 9.30 Å². The van der Waals surface area contributed by atoms with Crippen LogP contribution in [0.3, 0.4) is 0 Å². The van der Waals surface area contributed by atoms with E-state index in [1.165, 1.54) is 0 Å². The summed E-state index contributed by atoms with van der Waals surface area (Å²) in [5, 5.41) is 1.22. The van der Waals surface area contributed by atoms with E-state index in [1.807, 2.05) is 61.2 Å². The fourth-order valence-corrected chi connectivity index (χ4v) is 5.59. The van der Waals surface area contributed by atoms with Gasteiger partial charge in [0.05, 0.1) is 30.5 Å². The minimum absolute atomic E-state index is 0.0433. The SMILES string of the molecule is COc1ccncc1-c1nc2c(n1C(C)C)C(c1ccc(Cl)cc1C)N(c1cc(Cl)ccc1C)C(=O)C2. The molecule has 8 heteroatoms. The van der Waals surface area contributed by atoms with Gasteiger partial charge in [0.15, 0.2) is 0 Å². The van der Waals surface area contributed by atoms with E-state index in [0.717, 1.165) is 45.2 Å². The second-order valence-electron chi connectivity index (χ2n) is 9.58. The number of amides is 1. The number of carbonyl (C=O) groups is 1. The number of pyridine rings is 1. The van der Waals surface area contributed by atoms with Crippen LogP contribution in [0.15, 0.2) is 54.9 Å². The lowest BCUT2D eigenvalue weighted by Gasteiger charge is -2.38. The van der Waals surface area contributed by atoms with Gasteiger partial charge in [0.2, 0.25) is 5.91 Å². The Morgan fingerprint density at radius 2 is 1.76 bits per heavy atom. The maximum atomic E-state index is 13.9. The molecule has 0 radical (unpaired) electrons. The first-order chi connectivity index (χ1) is 17.7. The average Bonchev–Trinajstić information content (AvgIpc) is 3.24. The van der Waals surface area contributed by atoms with Gasteiger partial charge in [-0.1, -0.05) is 35.3 Å². The Labute approximate surface area is 226 Å². The number of ether oxygens (including phenoxy) is 1. The number of anilines is 1. The number of methoxy groups -OCH3 is 1. The van der Waals surface area contributed by atoms with Crippen molar-refractivity contribution in [1.82, 2.24) is 14.5 Å². The molecule has 37 heavy (non-hydrogen) atoms. The molecule has 1 unspecified atom stereocenters. The number of fused-ring (bicyclic) bond motifs is 1. The smallest absolute Gasteiger partial charge is 0.233 e. The Balaban J connectivity index is 1.85. The number of aryl methyl sites for hydroxylation is 2. The van der Waals surface area contributed by atoms with E-state index in [4.69, 9.17) is 32.9 Å². The Hall–Kier alpha value is -3.35. The predicted molar refractivity (Wildman–Crippen MR) is 148 cm³/mol. The van der Waals surface area contributed by atoms with Gasteiger partial charge in [0.25, 0.3) is 0 Å². The van der Waals surface area contributed by atoms with Crippen LogP contribution in [0.25, 0.3) is 11.4 Å². The van der Waals surface area contributed by atoms with Gasteiger partial charge in [-0.3, -0.25) is 14.7 Å². The fraction of sp³-hybridized carbons (Fsp3) is 0.276. The monoisotopic (exact) mass is 534 g/mol. The zero-order chi connectivity index (χ0) is 26.4. The predicted octanol–water partition coefficient (Wildman–Crippen LogP) is 7.14. The third kappa shape index (κ3) is 4.38. The molecule has 1 atom stereocenters. The number of imidazole rings is 1. The molecule has 6 nitrogen and oxygen atoms in total. The Bertz CT molecular complexity index is 1510. The number of aromatic nitrogens is 3. The van der Waals surface area contributed by atoms with Crippen molar-refractivity contribution < 1.29 is 9.53 Å². The van der Waals surface area contributed by atoms with Gasteiger partial charge in [-0.25, -0.2) is 4.98 Å². The standard InChI is InChI=1S/C29H28Cl2N4O2/c1-16(2)34-28-23(33-29(34)22-15-32-11-10-25(22)37-5)14-26(36)35(24-13-20(31)7-6-17(24)3)27(28)21-9-8-19(30)12-18(21)4/h6-13,15-16,27H,14H2,1-5H3. The quantitative estimate of drug-likeness (QED) is 0.273. The third-order valence-corrected chi connectivity index (χ3v) is 7.31.